The predicted octanol–water partition coefficient (Wildman–Crippen LogP) is 0.965. The fourth-order valence-corrected chi connectivity index (χ4v) is 1.17. The molecule has 0 atom stereocenters. The molecule has 0 aromatic carbocycles. The van der Waals surface area contributed by atoms with Crippen LogP contribution in [0.25, 0.3) is 0 Å². The molecule has 2 amide bonds. The third-order valence-corrected chi connectivity index (χ3v) is 2.06. The highest BCUT2D eigenvalue weighted by atomic mass is 16.6. The van der Waals surface area contributed by atoms with Crippen LogP contribution in [0.5, 0.6) is 0 Å². The second-order valence-corrected chi connectivity index (χ2v) is 3.35. The highest BCUT2D eigenvalue weighted by Gasteiger charge is 2.17. The Hall–Kier alpha value is -2.31. The molecule has 1 aromatic rings. The summed E-state index contributed by atoms with van der Waals surface area (Å²) in [4.78, 5) is 35.9. The smallest absolute Gasteiger partial charge is 0.358 e. The van der Waals surface area contributed by atoms with Crippen molar-refractivity contribution in [3.8, 4) is 0 Å². The molecule has 0 bridgehead atoms. The molecule has 0 aliphatic carbocycles. The number of amides is 2. The molecule has 0 saturated carbocycles. The van der Waals surface area contributed by atoms with Crippen LogP contribution in [0.2, 0.25) is 0 Å². The summed E-state index contributed by atoms with van der Waals surface area (Å²) < 4.78 is 0. The van der Waals surface area contributed by atoms with Gasteiger partial charge in [-0.3, -0.25) is 14.9 Å². The molecular formula is C10H11N3O4. The Morgan fingerprint density at radius 1 is 1.53 bits per heavy atom. The van der Waals surface area contributed by atoms with Gasteiger partial charge in [0.1, 0.15) is 0 Å². The minimum absolute atomic E-state index is 0.120. The molecule has 17 heavy (non-hydrogen) atoms. The predicted molar refractivity (Wildman–Crippen MR) is 58.4 cm³/mol. The minimum Gasteiger partial charge on any atom is -0.358 e. The summed E-state index contributed by atoms with van der Waals surface area (Å²) in [7, 11) is 0. The number of carbonyl (C=O) groups excluding carboxylic acids is 2. The van der Waals surface area contributed by atoms with Gasteiger partial charge in [0, 0.05) is 12.0 Å². The number of nitrogens with zero attached hydrogens (tertiary/aromatic N) is 2. The Balaban J connectivity index is 2.94. The number of aromatic nitrogens is 1. The van der Waals surface area contributed by atoms with Crippen molar-refractivity contribution in [3.05, 3.63) is 33.5 Å². The molecular weight excluding hydrogens is 226 g/mol. The molecule has 1 rings (SSSR count). The Kier molecular flexibility index (Phi) is 3.86. The van der Waals surface area contributed by atoms with Crippen LogP contribution in [0.4, 0.5) is 5.82 Å². The van der Waals surface area contributed by atoms with Gasteiger partial charge in [0.15, 0.2) is 6.20 Å². The summed E-state index contributed by atoms with van der Waals surface area (Å²) in [5.41, 5.74) is 0.390. The lowest BCUT2D eigenvalue weighted by molar-refractivity contribution is -0.390. The van der Waals surface area contributed by atoms with E-state index in [0.29, 0.717) is 0 Å². The van der Waals surface area contributed by atoms with Crippen LogP contribution in [-0.2, 0) is 4.79 Å². The van der Waals surface area contributed by atoms with Crippen molar-refractivity contribution >= 4 is 17.6 Å². The van der Waals surface area contributed by atoms with Gasteiger partial charge in [0.2, 0.25) is 5.91 Å². The molecule has 1 heterocycles. The van der Waals surface area contributed by atoms with E-state index in [-0.39, 0.29) is 23.4 Å². The lowest BCUT2D eigenvalue weighted by Gasteiger charge is -2.02. The fraction of sp³-hybridized carbons (Fsp3) is 0.300. The van der Waals surface area contributed by atoms with Gasteiger partial charge in [0.25, 0.3) is 5.91 Å². The average molecular weight is 237 g/mol. The number of hydrogen-bond donors (Lipinski definition) is 1. The minimum atomic E-state index is -0.631. The summed E-state index contributed by atoms with van der Waals surface area (Å²) in [6.45, 7) is 3.09. The van der Waals surface area contributed by atoms with Gasteiger partial charge in [-0.2, -0.15) is 0 Å². The number of nitrogens with one attached hydrogen (secondary N) is 1. The SMILES string of the molecule is CCC(=O)NC(=O)c1cnc([N+](=O)[O-])c(C)c1. The normalized spacial score (nSPS) is 9.76. The van der Waals surface area contributed by atoms with Crippen molar-refractivity contribution in [1.82, 2.24) is 10.3 Å². The summed E-state index contributed by atoms with van der Waals surface area (Å²) in [5.74, 6) is -1.32. The molecule has 7 heteroatoms. The van der Waals surface area contributed by atoms with Gasteiger partial charge in [-0.15, -0.1) is 0 Å². The number of hydrogen-bond acceptors (Lipinski definition) is 5. The van der Waals surface area contributed by atoms with Crippen LogP contribution in [0.1, 0.15) is 29.3 Å². The van der Waals surface area contributed by atoms with Gasteiger partial charge in [0.05, 0.1) is 5.56 Å². The largest absolute Gasteiger partial charge is 0.366 e. The number of carbonyl (C=O) groups is 2. The molecule has 0 spiro atoms. The third kappa shape index (κ3) is 3.07. The van der Waals surface area contributed by atoms with Crippen LogP contribution < -0.4 is 5.32 Å². The van der Waals surface area contributed by atoms with Gasteiger partial charge in [-0.05, 0) is 22.9 Å². The van der Waals surface area contributed by atoms with E-state index in [9.17, 15) is 19.7 Å². The molecule has 0 radical (unpaired) electrons. The lowest BCUT2D eigenvalue weighted by atomic mass is 10.2. The number of aryl methyl sites for hydroxylation is 1. The standard InChI is InChI=1S/C10H11N3O4/c1-3-8(14)12-10(15)7-4-6(2)9(11-5-7)13(16)17/h4-5H,3H2,1-2H3,(H,12,14,15). The van der Waals surface area contributed by atoms with Crippen molar-refractivity contribution in [3.63, 3.8) is 0 Å². The molecule has 7 nitrogen and oxygen atoms in total. The summed E-state index contributed by atoms with van der Waals surface area (Å²) >= 11 is 0. The van der Waals surface area contributed by atoms with Crippen LogP contribution >= 0.6 is 0 Å². The van der Waals surface area contributed by atoms with Gasteiger partial charge in [-0.25, -0.2) is 0 Å². The first kappa shape index (κ1) is 12.8. The summed E-state index contributed by atoms with van der Waals surface area (Å²) in [6.07, 6.45) is 1.26. The average Bonchev–Trinajstić information content (AvgIpc) is 2.28. The van der Waals surface area contributed by atoms with Crippen LogP contribution in [0.3, 0.4) is 0 Å². The Morgan fingerprint density at radius 3 is 2.65 bits per heavy atom. The number of nitro groups is 1. The third-order valence-electron chi connectivity index (χ3n) is 2.06. The molecule has 90 valence electrons. The summed E-state index contributed by atoms with van der Waals surface area (Å²) in [6, 6.07) is 1.32. The molecule has 0 aliphatic rings. The number of imide groups is 1. The molecule has 0 fully saturated rings. The zero-order valence-corrected chi connectivity index (χ0v) is 9.39. The second-order valence-electron chi connectivity index (χ2n) is 3.35. The van der Waals surface area contributed by atoms with E-state index in [1.165, 1.54) is 13.0 Å². The van der Waals surface area contributed by atoms with E-state index < -0.39 is 16.7 Å². The first-order chi connectivity index (χ1) is 7.95. The molecule has 0 saturated heterocycles. The highest BCUT2D eigenvalue weighted by Crippen LogP contribution is 2.14. The van der Waals surface area contributed by atoms with Crippen molar-refractivity contribution < 1.29 is 14.5 Å². The van der Waals surface area contributed by atoms with Crippen molar-refractivity contribution in [2.45, 2.75) is 20.3 Å². The number of pyridine rings is 1. The quantitative estimate of drug-likeness (QED) is 0.623. The molecule has 1 aromatic heterocycles. The van der Waals surface area contributed by atoms with Gasteiger partial charge in [-0.1, -0.05) is 6.92 Å². The zero-order valence-electron chi connectivity index (χ0n) is 9.39. The van der Waals surface area contributed by atoms with Gasteiger partial charge >= 0.3 is 5.82 Å². The van der Waals surface area contributed by atoms with E-state index in [1.807, 2.05) is 0 Å². The lowest BCUT2D eigenvalue weighted by Crippen LogP contribution is -2.29. The fourth-order valence-electron chi connectivity index (χ4n) is 1.17. The number of rotatable bonds is 3. The molecule has 0 aliphatic heterocycles. The Labute approximate surface area is 97.0 Å². The van der Waals surface area contributed by atoms with E-state index >= 15 is 0 Å². The Morgan fingerprint density at radius 2 is 2.18 bits per heavy atom. The van der Waals surface area contributed by atoms with E-state index in [2.05, 4.69) is 10.3 Å². The first-order valence-electron chi connectivity index (χ1n) is 4.91. The van der Waals surface area contributed by atoms with Crippen molar-refractivity contribution in [2.24, 2.45) is 0 Å². The first-order valence-corrected chi connectivity index (χ1v) is 4.91. The maximum atomic E-state index is 11.5. The second kappa shape index (κ2) is 5.15. The van der Waals surface area contributed by atoms with E-state index in [1.54, 1.807) is 6.92 Å². The van der Waals surface area contributed by atoms with Crippen LogP contribution in [0.15, 0.2) is 12.3 Å². The van der Waals surface area contributed by atoms with Crippen LogP contribution in [0, 0.1) is 17.0 Å². The van der Waals surface area contributed by atoms with Crippen molar-refractivity contribution in [2.75, 3.05) is 0 Å². The zero-order chi connectivity index (χ0) is 13.0. The maximum absolute atomic E-state index is 11.5. The van der Waals surface area contributed by atoms with E-state index in [0.717, 1.165) is 6.20 Å². The summed E-state index contributed by atoms with van der Waals surface area (Å²) in [5, 5.41) is 12.6. The van der Waals surface area contributed by atoms with Crippen molar-refractivity contribution in [1.29, 1.82) is 0 Å². The molecule has 1 N–H and O–H groups in total. The topological polar surface area (TPSA) is 102 Å². The van der Waals surface area contributed by atoms with Crippen LogP contribution in [-0.4, -0.2) is 21.7 Å². The Bertz CT molecular complexity index is 484. The monoisotopic (exact) mass is 237 g/mol. The van der Waals surface area contributed by atoms with Gasteiger partial charge < -0.3 is 10.1 Å². The highest BCUT2D eigenvalue weighted by molar-refractivity contribution is 6.04. The molecule has 0 unspecified atom stereocenters. The van der Waals surface area contributed by atoms with E-state index in [4.69, 9.17) is 0 Å². The maximum Gasteiger partial charge on any atom is 0.366 e.